The third kappa shape index (κ3) is 4.52. The highest BCUT2D eigenvalue weighted by atomic mass is 32.2. The maximum Gasteiger partial charge on any atom is 0.303 e. The van der Waals surface area contributed by atoms with E-state index in [0.717, 1.165) is 12.8 Å². The Morgan fingerprint density at radius 2 is 1.91 bits per heavy atom. The van der Waals surface area contributed by atoms with E-state index in [-0.39, 0.29) is 5.78 Å². The molecule has 8 heteroatoms. The number of amides is 1. The summed E-state index contributed by atoms with van der Waals surface area (Å²) in [7, 11) is -3.82. The summed E-state index contributed by atoms with van der Waals surface area (Å²) >= 11 is 0. The highest BCUT2D eigenvalue weighted by Gasteiger charge is 2.29. The maximum absolute atomic E-state index is 12.0. The van der Waals surface area contributed by atoms with Crippen molar-refractivity contribution in [3.63, 3.8) is 0 Å². The van der Waals surface area contributed by atoms with Gasteiger partial charge >= 0.3 is 10.2 Å². The quantitative estimate of drug-likeness (QED) is 0.783. The monoisotopic (exact) mass is 340 g/mol. The predicted octanol–water partition coefficient (Wildman–Crippen LogP) is 1.11. The third-order valence-corrected chi connectivity index (χ3v) is 5.06. The van der Waals surface area contributed by atoms with Crippen molar-refractivity contribution < 1.29 is 22.7 Å². The normalized spacial score (nSPS) is 16.8. The van der Waals surface area contributed by atoms with Crippen molar-refractivity contribution in [2.75, 3.05) is 13.1 Å². The second kappa shape index (κ2) is 7.10. The molecule has 1 aromatic rings. The van der Waals surface area contributed by atoms with E-state index in [4.69, 9.17) is 4.74 Å². The molecule has 23 heavy (non-hydrogen) atoms. The molecule has 1 aromatic carbocycles. The Labute approximate surface area is 135 Å². The molecule has 1 aliphatic heterocycles. The minimum Gasteiger partial charge on any atom is -0.481 e. The summed E-state index contributed by atoms with van der Waals surface area (Å²) in [6.45, 7) is 3.71. The number of Topliss-reactive ketones (excluding diaryl/α,β-unsaturated/α-hetero) is 1. The first-order valence-electron chi connectivity index (χ1n) is 7.39. The van der Waals surface area contributed by atoms with Crippen LogP contribution in [-0.4, -0.2) is 43.6 Å². The molecule has 2 rings (SSSR count). The van der Waals surface area contributed by atoms with Gasteiger partial charge in [-0.05, 0) is 38.8 Å². The Kier molecular flexibility index (Phi) is 5.38. The van der Waals surface area contributed by atoms with Gasteiger partial charge in [-0.1, -0.05) is 12.1 Å². The Bertz CT molecular complexity index is 696. The Hall–Kier alpha value is -1.93. The summed E-state index contributed by atoms with van der Waals surface area (Å²) in [5, 5.41) is 0. The van der Waals surface area contributed by atoms with Crippen molar-refractivity contribution in [3.8, 4) is 5.75 Å². The van der Waals surface area contributed by atoms with E-state index in [2.05, 4.69) is 0 Å². The number of carbonyl (C=O) groups is 2. The minimum absolute atomic E-state index is 0.121. The van der Waals surface area contributed by atoms with Crippen molar-refractivity contribution in [1.82, 2.24) is 9.03 Å². The van der Waals surface area contributed by atoms with Crippen LogP contribution < -0.4 is 9.46 Å². The second-order valence-electron chi connectivity index (χ2n) is 5.42. The summed E-state index contributed by atoms with van der Waals surface area (Å²) < 4.78 is 32.8. The second-order valence-corrected chi connectivity index (χ2v) is 7.09. The number of hydrogen-bond acceptors (Lipinski definition) is 5. The molecule has 1 heterocycles. The van der Waals surface area contributed by atoms with E-state index >= 15 is 0 Å². The molecule has 1 amide bonds. The number of carbonyl (C=O) groups excluding carboxylic acids is 2. The maximum atomic E-state index is 12.0. The molecule has 0 aromatic heterocycles. The molecule has 0 saturated carbocycles. The Morgan fingerprint density at radius 3 is 2.52 bits per heavy atom. The lowest BCUT2D eigenvalue weighted by Gasteiger charge is -2.19. The van der Waals surface area contributed by atoms with E-state index in [0.29, 0.717) is 24.4 Å². The number of nitrogens with zero attached hydrogens (tertiary/aromatic N) is 1. The van der Waals surface area contributed by atoms with Crippen LogP contribution in [0.5, 0.6) is 5.75 Å². The van der Waals surface area contributed by atoms with Gasteiger partial charge in [-0.3, -0.25) is 9.59 Å². The SMILES string of the molecule is CC(=O)c1cccc(O[C@@H](C)C(=O)NS(=O)(=O)N2CCCC2)c1. The van der Waals surface area contributed by atoms with Crippen LogP contribution in [0.1, 0.15) is 37.0 Å². The zero-order chi connectivity index (χ0) is 17.0. The highest BCUT2D eigenvalue weighted by Crippen LogP contribution is 2.16. The highest BCUT2D eigenvalue weighted by molar-refractivity contribution is 7.87. The van der Waals surface area contributed by atoms with Gasteiger partial charge in [-0.25, -0.2) is 4.72 Å². The van der Waals surface area contributed by atoms with Crippen LogP contribution in [0.15, 0.2) is 24.3 Å². The van der Waals surface area contributed by atoms with Crippen molar-refractivity contribution in [2.24, 2.45) is 0 Å². The molecule has 1 aliphatic rings. The Morgan fingerprint density at radius 1 is 1.26 bits per heavy atom. The van der Waals surface area contributed by atoms with E-state index in [1.165, 1.54) is 24.2 Å². The van der Waals surface area contributed by atoms with Crippen LogP contribution >= 0.6 is 0 Å². The van der Waals surface area contributed by atoms with E-state index < -0.39 is 22.2 Å². The van der Waals surface area contributed by atoms with Crippen molar-refractivity contribution in [1.29, 1.82) is 0 Å². The first-order valence-corrected chi connectivity index (χ1v) is 8.83. The lowest BCUT2D eigenvalue weighted by atomic mass is 10.1. The lowest BCUT2D eigenvalue weighted by molar-refractivity contribution is -0.125. The summed E-state index contributed by atoms with van der Waals surface area (Å²) in [5.74, 6) is -0.534. The third-order valence-electron chi connectivity index (χ3n) is 3.56. The largest absolute Gasteiger partial charge is 0.481 e. The van der Waals surface area contributed by atoms with Gasteiger partial charge in [0.15, 0.2) is 11.9 Å². The summed E-state index contributed by atoms with van der Waals surface area (Å²) in [5.41, 5.74) is 0.458. The molecule has 1 N–H and O–H groups in total. The predicted molar refractivity (Wildman–Crippen MR) is 84.4 cm³/mol. The fraction of sp³-hybridized carbons (Fsp3) is 0.467. The van der Waals surface area contributed by atoms with Gasteiger partial charge in [0.2, 0.25) is 0 Å². The van der Waals surface area contributed by atoms with Gasteiger partial charge < -0.3 is 4.74 Å². The van der Waals surface area contributed by atoms with Gasteiger partial charge in [0, 0.05) is 18.7 Å². The first kappa shape index (κ1) is 17.4. The average Bonchev–Trinajstić information content (AvgIpc) is 3.02. The molecular formula is C15H20N2O5S. The Balaban J connectivity index is 2.00. The van der Waals surface area contributed by atoms with E-state index in [1.54, 1.807) is 18.2 Å². The van der Waals surface area contributed by atoms with Crippen LogP contribution in [0.25, 0.3) is 0 Å². The molecule has 0 bridgehead atoms. The molecule has 1 atom stereocenters. The molecule has 0 spiro atoms. The number of ether oxygens (including phenoxy) is 1. The molecule has 0 aliphatic carbocycles. The lowest BCUT2D eigenvalue weighted by Crippen LogP contribution is -2.46. The smallest absolute Gasteiger partial charge is 0.303 e. The summed E-state index contributed by atoms with van der Waals surface area (Å²) in [6.07, 6.45) is 0.576. The molecule has 1 saturated heterocycles. The number of ketones is 1. The molecule has 0 radical (unpaired) electrons. The fourth-order valence-corrected chi connectivity index (χ4v) is 3.54. The van der Waals surface area contributed by atoms with Crippen LogP contribution in [0.2, 0.25) is 0 Å². The van der Waals surface area contributed by atoms with E-state index in [9.17, 15) is 18.0 Å². The van der Waals surface area contributed by atoms with Gasteiger partial charge in [-0.2, -0.15) is 12.7 Å². The number of nitrogens with one attached hydrogen (secondary N) is 1. The van der Waals surface area contributed by atoms with Crippen LogP contribution in [-0.2, 0) is 15.0 Å². The number of hydrogen-bond donors (Lipinski definition) is 1. The zero-order valence-corrected chi connectivity index (χ0v) is 13.9. The summed E-state index contributed by atoms with van der Waals surface area (Å²) in [4.78, 5) is 23.4. The topological polar surface area (TPSA) is 92.8 Å². The van der Waals surface area contributed by atoms with Crippen molar-refractivity contribution in [3.05, 3.63) is 29.8 Å². The molecule has 7 nitrogen and oxygen atoms in total. The van der Waals surface area contributed by atoms with Crippen LogP contribution in [0, 0.1) is 0 Å². The van der Waals surface area contributed by atoms with Gasteiger partial charge in [-0.15, -0.1) is 0 Å². The van der Waals surface area contributed by atoms with Crippen molar-refractivity contribution >= 4 is 21.9 Å². The molecule has 126 valence electrons. The minimum atomic E-state index is -3.82. The first-order chi connectivity index (χ1) is 10.8. The average molecular weight is 340 g/mol. The number of rotatable bonds is 6. The van der Waals surface area contributed by atoms with Crippen LogP contribution in [0.4, 0.5) is 0 Å². The number of benzene rings is 1. The summed E-state index contributed by atoms with van der Waals surface area (Å²) in [6, 6.07) is 6.39. The van der Waals surface area contributed by atoms with Gasteiger partial charge in [0.05, 0.1) is 0 Å². The van der Waals surface area contributed by atoms with Crippen LogP contribution in [0.3, 0.4) is 0 Å². The molecular weight excluding hydrogens is 320 g/mol. The standard InChI is InChI=1S/C15H20N2O5S/c1-11(18)13-6-5-7-14(10-13)22-12(2)15(19)16-23(20,21)17-8-3-4-9-17/h5-7,10,12H,3-4,8-9H2,1-2H3,(H,16,19)/t12-/m0/s1. The van der Waals surface area contributed by atoms with Gasteiger partial charge in [0.1, 0.15) is 5.75 Å². The molecule has 1 fully saturated rings. The molecule has 0 unspecified atom stereocenters. The fourth-order valence-electron chi connectivity index (χ4n) is 2.25. The van der Waals surface area contributed by atoms with E-state index in [1.807, 2.05) is 4.72 Å². The van der Waals surface area contributed by atoms with Gasteiger partial charge in [0.25, 0.3) is 5.91 Å². The zero-order valence-electron chi connectivity index (χ0n) is 13.1. The van der Waals surface area contributed by atoms with Crippen molar-refractivity contribution in [2.45, 2.75) is 32.8 Å².